The predicted molar refractivity (Wildman–Crippen MR) is 82.3 cm³/mol. The molecule has 2 fully saturated rings. The van der Waals surface area contributed by atoms with Crippen molar-refractivity contribution in [2.75, 3.05) is 33.4 Å². The van der Waals surface area contributed by atoms with Gasteiger partial charge < -0.3 is 19.1 Å². The van der Waals surface area contributed by atoms with Crippen LogP contribution in [0.15, 0.2) is 18.2 Å². The highest BCUT2D eigenvalue weighted by Crippen LogP contribution is 2.39. The van der Waals surface area contributed by atoms with Crippen LogP contribution in [-0.2, 0) is 9.47 Å². The van der Waals surface area contributed by atoms with E-state index in [4.69, 9.17) is 25.8 Å². The largest absolute Gasteiger partial charge is 0.496 e. The van der Waals surface area contributed by atoms with E-state index >= 15 is 0 Å². The molecular formula is C16H20ClNO4. The summed E-state index contributed by atoms with van der Waals surface area (Å²) in [7, 11) is 1.54. The molecule has 1 aromatic rings. The van der Waals surface area contributed by atoms with Gasteiger partial charge in [-0.1, -0.05) is 11.6 Å². The van der Waals surface area contributed by atoms with Gasteiger partial charge in [0.2, 0.25) is 0 Å². The second kappa shape index (κ2) is 5.41. The number of methoxy groups -OCH3 is 1. The number of rotatable bonds is 2. The number of ether oxygens (including phenoxy) is 3. The summed E-state index contributed by atoms with van der Waals surface area (Å²) in [6, 6.07) is 5.06. The first kappa shape index (κ1) is 15.6. The molecule has 6 heteroatoms. The van der Waals surface area contributed by atoms with Crippen molar-refractivity contribution in [2.24, 2.45) is 5.41 Å². The zero-order chi connectivity index (χ0) is 16.0. The molecule has 120 valence electrons. The van der Waals surface area contributed by atoms with E-state index in [1.165, 1.54) is 0 Å². The quantitative estimate of drug-likeness (QED) is 0.838. The van der Waals surface area contributed by atoms with Crippen molar-refractivity contribution in [1.29, 1.82) is 0 Å². The minimum absolute atomic E-state index is 0.0743. The van der Waals surface area contributed by atoms with E-state index in [0.29, 0.717) is 42.6 Å². The van der Waals surface area contributed by atoms with Crippen LogP contribution in [0.3, 0.4) is 0 Å². The second-order valence-electron chi connectivity index (χ2n) is 6.48. The maximum atomic E-state index is 12.6. The lowest BCUT2D eigenvalue weighted by Crippen LogP contribution is -2.65. The molecule has 0 aromatic heterocycles. The molecule has 2 aliphatic heterocycles. The van der Waals surface area contributed by atoms with Gasteiger partial charge in [-0.25, -0.2) is 0 Å². The number of likely N-dealkylation sites (tertiary alicyclic amines) is 1. The molecule has 1 aromatic carbocycles. The Balaban J connectivity index is 1.68. The number of carbonyl (C=O) groups is 1. The summed E-state index contributed by atoms with van der Waals surface area (Å²) in [6.07, 6.45) is 0. The van der Waals surface area contributed by atoms with Gasteiger partial charge in [0.05, 0.1) is 31.3 Å². The summed E-state index contributed by atoms with van der Waals surface area (Å²) in [5.74, 6) is -0.0753. The number of halogens is 1. The highest BCUT2D eigenvalue weighted by Gasteiger charge is 2.50. The Bertz CT molecular complexity index is 584. The topological polar surface area (TPSA) is 48.0 Å². The molecule has 1 spiro atoms. The minimum atomic E-state index is -0.536. The lowest BCUT2D eigenvalue weighted by molar-refractivity contribution is -0.301. The van der Waals surface area contributed by atoms with E-state index in [1.54, 1.807) is 30.2 Å². The molecule has 22 heavy (non-hydrogen) atoms. The predicted octanol–water partition coefficient (Wildman–Crippen LogP) is 2.57. The van der Waals surface area contributed by atoms with Crippen LogP contribution in [0.5, 0.6) is 5.75 Å². The summed E-state index contributed by atoms with van der Waals surface area (Å²) in [6.45, 7) is 6.26. The molecule has 1 amide bonds. The average molecular weight is 326 g/mol. The van der Waals surface area contributed by atoms with E-state index in [0.717, 1.165) is 0 Å². The van der Waals surface area contributed by atoms with Crippen LogP contribution in [0.1, 0.15) is 24.2 Å². The zero-order valence-electron chi connectivity index (χ0n) is 13.0. The molecule has 0 N–H and O–H groups in total. The molecule has 5 nitrogen and oxygen atoms in total. The zero-order valence-corrected chi connectivity index (χ0v) is 13.8. The Morgan fingerprint density at radius 1 is 1.27 bits per heavy atom. The van der Waals surface area contributed by atoms with Gasteiger partial charge in [0, 0.05) is 18.1 Å². The van der Waals surface area contributed by atoms with Crippen molar-refractivity contribution in [2.45, 2.75) is 19.6 Å². The van der Waals surface area contributed by atoms with Crippen LogP contribution >= 0.6 is 11.6 Å². The van der Waals surface area contributed by atoms with Crippen molar-refractivity contribution >= 4 is 17.5 Å². The van der Waals surface area contributed by atoms with Gasteiger partial charge in [0.25, 0.3) is 5.91 Å². The molecule has 2 heterocycles. The summed E-state index contributed by atoms with van der Waals surface area (Å²) >= 11 is 5.99. The number of hydrogen-bond donors (Lipinski definition) is 0. The molecule has 2 aliphatic rings. The number of amides is 1. The summed E-state index contributed by atoms with van der Waals surface area (Å²) < 4.78 is 16.7. The second-order valence-corrected chi connectivity index (χ2v) is 6.92. The highest BCUT2D eigenvalue weighted by atomic mass is 35.5. The Morgan fingerprint density at radius 2 is 1.91 bits per heavy atom. The maximum absolute atomic E-state index is 12.6. The molecule has 2 saturated heterocycles. The third-order valence-corrected chi connectivity index (χ3v) is 4.42. The molecule has 0 atom stereocenters. The lowest BCUT2D eigenvalue weighted by Gasteiger charge is -2.54. The van der Waals surface area contributed by atoms with Crippen LogP contribution in [0.2, 0.25) is 5.02 Å². The van der Waals surface area contributed by atoms with E-state index in [-0.39, 0.29) is 11.3 Å². The van der Waals surface area contributed by atoms with Crippen molar-refractivity contribution < 1.29 is 19.0 Å². The van der Waals surface area contributed by atoms with E-state index < -0.39 is 5.79 Å². The third-order valence-electron chi connectivity index (χ3n) is 4.18. The van der Waals surface area contributed by atoms with Crippen LogP contribution in [0.4, 0.5) is 0 Å². The van der Waals surface area contributed by atoms with Gasteiger partial charge in [-0.15, -0.1) is 0 Å². The van der Waals surface area contributed by atoms with Crippen LogP contribution in [-0.4, -0.2) is 50.0 Å². The third kappa shape index (κ3) is 2.81. The van der Waals surface area contributed by atoms with Gasteiger partial charge in [-0.05, 0) is 32.0 Å². The first-order valence-corrected chi connectivity index (χ1v) is 7.63. The van der Waals surface area contributed by atoms with Gasteiger partial charge >= 0.3 is 0 Å². The lowest BCUT2D eigenvalue weighted by atomic mass is 9.80. The molecule has 0 aliphatic carbocycles. The van der Waals surface area contributed by atoms with Crippen molar-refractivity contribution in [1.82, 2.24) is 4.90 Å². The molecular weight excluding hydrogens is 306 g/mol. The monoisotopic (exact) mass is 325 g/mol. The van der Waals surface area contributed by atoms with E-state index in [9.17, 15) is 4.79 Å². The van der Waals surface area contributed by atoms with E-state index in [1.807, 2.05) is 13.8 Å². The number of nitrogens with zero attached hydrogens (tertiary/aromatic N) is 1. The maximum Gasteiger partial charge on any atom is 0.257 e. The summed E-state index contributed by atoms with van der Waals surface area (Å²) in [4.78, 5) is 14.4. The minimum Gasteiger partial charge on any atom is -0.496 e. The standard InChI is InChI=1S/C16H20ClNO4/c1-15(2)21-9-16(10-22-15)7-18(8-16)14(19)12-6-11(17)4-5-13(12)20-3/h4-6H,7-10H2,1-3H3. The fourth-order valence-corrected chi connectivity index (χ4v) is 3.02. The molecule has 3 rings (SSSR count). The van der Waals surface area contributed by atoms with Crippen molar-refractivity contribution in [3.05, 3.63) is 28.8 Å². The molecule has 0 radical (unpaired) electrons. The van der Waals surface area contributed by atoms with E-state index in [2.05, 4.69) is 0 Å². The number of benzene rings is 1. The van der Waals surface area contributed by atoms with Crippen molar-refractivity contribution in [3.8, 4) is 5.75 Å². The van der Waals surface area contributed by atoms with Crippen LogP contribution in [0.25, 0.3) is 0 Å². The first-order valence-electron chi connectivity index (χ1n) is 7.25. The van der Waals surface area contributed by atoms with Crippen molar-refractivity contribution in [3.63, 3.8) is 0 Å². The fourth-order valence-electron chi connectivity index (χ4n) is 2.84. The Labute approximate surface area is 135 Å². The fraction of sp³-hybridized carbons (Fsp3) is 0.562. The first-order chi connectivity index (χ1) is 10.3. The summed E-state index contributed by atoms with van der Waals surface area (Å²) in [5, 5.41) is 0.519. The average Bonchev–Trinajstić information content (AvgIpc) is 2.45. The molecule has 0 unspecified atom stereocenters. The van der Waals surface area contributed by atoms with Crippen LogP contribution in [0, 0.1) is 5.41 Å². The number of carbonyl (C=O) groups excluding carboxylic acids is 1. The smallest absolute Gasteiger partial charge is 0.257 e. The Kier molecular flexibility index (Phi) is 3.83. The van der Waals surface area contributed by atoms with Gasteiger partial charge in [-0.3, -0.25) is 4.79 Å². The summed E-state index contributed by atoms with van der Waals surface area (Å²) in [5.41, 5.74) is 0.402. The normalized spacial score (nSPS) is 22.3. The molecule has 0 bridgehead atoms. The van der Waals surface area contributed by atoms with Gasteiger partial charge in [0.1, 0.15) is 5.75 Å². The molecule has 0 saturated carbocycles. The highest BCUT2D eigenvalue weighted by molar-refractivity contribution is 6.31. The van der Waals surface area contributed by atoms with Gasteiger partial charge in [0.15, 0.2) is 5.79 Å². The van der Waals surface area contributed by atoms with Gasteiger partial charge in [-0.2, -0.15) is 0 Å². The SMILES string of the molecule is COc1ccc(Cl)cc1C(=O)N1CC2(COC(C)(C)OC2)C1. The van der Waals surface area contributed by atoms with Crippen LogP contribution < -0.4 is 4.74 Å². The Morgan fingerprint density at radius 3 is 2.50 bits per heavy atom. The number of hydrogen-bond acceptors (Lipinski definition) is 4. The Hall–Kier alpha value is -1.30.